The number of aliphatic hydroxyl groups excluding tert-OH is 1. The van der Waals surface area contributed by atoms with Crippen LogP contribution in [-0.4, -0.2) is 60.4 Å². The highest BCUT2D eigenvalue weighted by atomic mass is 32.1. The van der Waals surface area contributed by atoms with Gasteiger partial charge in [-0.25, -0.2) is 0 Å². The van der Waals surface area contributed by atoms with E-state index >= 15 is 0 Å². The van der Waals surface area contributed by atoms with Gasteiger partial charge < -0.3 is 25.2 Å². The van der Waals surface area contributed by atoms with E-state index in [-0.39, 0.29) is 12.2 Å². The first-order valence-electron chi connectivity index (χ1n) is 8.96. The molecule has 0 saturated carbocycles. The summed E-state index contributed by atoms with van der Waals surface area (Å²) in [6.45, 7) is 4.59. The van der Waals surface area contributed by atoms with E-state index in [0.29, 0.717) is 23.8 Å². The van der Waals surface area contributed by atoms with Crippen LogP contribution >= 0.6 is 12.2 Å². The van der Waals surface area contributed by atoms with Gasteiger partial charge in [-0.15, -0.1) is 0 Å². The number of H-pyrrole nitrogens is 1. The third-order valence-corrected chi connectivity index (χ3v) is 4.63. The van der Waals surface area contributed by atoms with Gasteiger partial charge >= 0.3 is 0 Å². The molecule has 1 aromatic heterocycles. The zero-order valence-electron chi connectivity index (χ0n) is 15.8. The zero-order valence-corrected chi connectivity index (χ0v) is 16.6. The monoisotopic (exact) mass is 377 g/mol. The summed E-state index contributed by atoms with van der Waals surface area (Å²) in [7, 11) is 4.23. The number of aromatic amines is 1. The number of aromatic nitrogens is 1. The molecule has 2 aromatic rings. The van der Waals surface area contributed by atoms with Crippen LogP contribution < -0.4 is 15.8 Å². The van der Waals surface area contributed by atoms with E-state index in [2.05, 4.69) is 24.4 Å². The molecular formula is C19H29N4O2S+. The van der Waals surface area contributed by atoms with E-state index in [1.807, 2.05) is 36.1 Å². The highest BCUT2D eigenvalue weighted by Crippen LogP contribution is 2.14. The Morgan fingerprint density at radius 2 is 2.12 bits per heavy atom. The van der Waals surface area contributed by atoms with E-state index in [4.69, 9.17) is 12.2 Å². The van der Waals surface area contributed by atoms with Gasteiger partial charge in [0.25, 0.3) is 5.56 Å². The Morgan fingerprint density at radius 1 is 1.35 bits per heavy atom. The fraction of sp³-hybridized carbons (Fsp3) is 0.474. The molecule has 0 radical (unpaired) electrons. The number of nitrogens with one attached hydrogen (secondary N) is 3. The number of thiocarbonyl (C=S) groups is 1. The Bertz CT molecular complexity index is 804. The number of hydrogen-bond donors (Lipinski definition) is 4. The molecule has 0 atom stereocenters. The molecule has 0 aliphatic heterocycles. The average molecular weight is 378 g/mol. The molecule has 0 aliphatic rings. The molecule has 0 saturated heterocycles. The first-order valence-corrected chi connectivity index (χ1v) is 9.36. The van der Waals surface area contributed by atoms with Gasteiger partial charge in [0.1, 0.15) is 0 Å². The summed E-state index contributed by atoms with van der Waals surface area (Å²) in [5, 5.41) is 14.2. The van der Waals surface area contributed by atoms with Gasteiger partial charge in [-0.3, -0.25) is 4.79 Å². The Kier molecular flexibility index (Phi) is 7.56. The van der Waals surface area contributed by atoms with Crippen LogP contribution in [0.25, 0.3) is 10.9 Å². The van der Waals surface area contributed by atoms with E-state index in [9.17, 15) is 9.90 Å². The van der Waals surface area contributed by atoms with Crippen molar-refractivity contribution < 1.29 is 10.0 Å². The lowest BCUT2D eigenvalue weighted by Gasteiger charge is -2.25. The largest absolute Gasteiger partial charge is 0.395 e. The van der Waals surface area contributed by atoms with Crippen molar-refractivity contribution in [2.45, 2.75) is 19.9 Å². The van der Waals surface area contributed by atoms with E-state index in [1.54, 1.807) is 0 Å². The summed E-state index contributed by atoms with van der Waals surface area (Å²) in [5.41, 5.74) is 2.48. The van der Waals surface area contributed by atoms with Crippen LogP contribution in [0.1, 0.15) is 17.5 Å². The summed E-state index contributed by atoms with van der Waals surface area (Å²) < 4.78 is 0. The number of aliphatic hydroxyl groups is 1. The molecule has 0 amide bonds. The number of pyridine rings is 1. The van der Waals surface area contributed by atoms with Crippen LogP contribution in [0.3, 0.4) is 0 Å². The van der Waals surface area contributed by atoms with E-state index in [1.165, 1.54) is 4.90 Å². The molecule has 0 aliphatic carbocycles. The fourth-order valence-corrected chi connectivity index (χ4v) is 3.07. The maximum Gasteiger partial charge on any atom is 0.253 e. The second-order valence-electron chi connectivity index (χ2n) is 6.90. The minimum Gasteiger partial charge on any atom is -0.395 e. The smallest absolute Gasteiger partial charge is 0.253 e. The van der Waals surface area contributed by atoms with Gasteiger partial charge in [-0.1, -0.05) is 11.6 Å². The molecule has 1 aromatic carbocycles. The molecule has 4 N–H and O–H groups in total. The fourth-order valence-electron chi connectivity index (χ4n) is 2.82. The number of fused-ring (bicyclic) bond motifs is 1. The predicted octanol–water partition coefficient (Wildman–Crippen LogP) is 0.0399. The highest BCUT2D eigenvalue weighted by molar-refractivity contribution is 7.80. The number of quaternary nitrogens is 1. The van der Waals surface area contributed by atoms with Crippen LogP contribution in [0.15, 0.2) is 29.1 Å². The molecule has 0 unspecified atom stereocenters. The van der Waals surface area contributed by atoms with Gasteiger partial charge in [0, 0.05) is 30.6 Å². The van der Waals surface area contributed by atoms with Gasteiger partial charge in [0.15, 0.2) is 5.11 Å². The quantitative estimate of drug-likeness (QED) is 0.386. The van der Waals surface area contributed by atoms with Crippen molar-refractivity contribution in [3.8, 4) is 0 Å². The van der Waals surface area contributed by atoms with Gasteiger partial charge in [0.2, 0.25) is 0 Å². The topological polar surface area (TPSA) is 72.8 Å². The first kappa shape index (κ1) is 20.4. The third-order valence-electron chi connectivity index (χ3n) is 4.22. The minimum absolute atomic E-state index is 0.0196. The van der Waals surface area contributed by atoms with Crippen LogP contribution in [0, 0.1) is 6.92 Å². The normalized spacial score (nSPS) is 11.1. The summed E-state index contributed by atoms with van der Waals surface area (Å²) in [5.74, 6) is 0. The molecular weight excluding hydrogens is 348 g/mol. The van der Waals surface area contributed by atoms with Crippen molar-refractivity contribution in [1.82, 2.24) is 15.2 Å². The number of nitrogens with zero attached hydrogens (tertiary/aromatic N) is 1. The maximum atomic E-state index is 12.4. The van der Waals surface area contributed by atoms with Crippen molar-refractivity contribution in [2.75, 3.05) is 40.3 Å². The van der Waals surface area contributed by atoms with Crippen molar-refractivity contribution in [1.29, 1.82) is 0 Å². The summed E-state index contributed by atoms with van der Waals surface area (Å²) in [4.78, 5) is 18.6. The highest BCUT2D eigenvalue weighted by Gasteiger charge is 2.13. The van der Waals surface area contributed by atoms with Crippen molar-refractivity contribution in [2.24, 2.45) is 0 Å². The molecule has 26 heavy (non-hydrogen) atoms. The average Bonchev–Trinajstić information content (AvgIpc) is 2.58. The number of aryl methyl sites for hydroxylation is 1. The number of rotatable bonds is 8. The van der Waals surface area contributed by atoms with Crippen LogP contribution in [0.5, 0.6) is 0 Å². The van der Waals surface area contributed by atoms with Crippen LogP contribution in [0.2, 0.25) is 0 Å². The van der Waals surface area contributed by atoms with E-state index < -0.39 is 0 Å². The SMILES string of the molecule is Cc1ccc2[nH]c(=O)c(CN(CCO)C(=S)NCCC[NH+](C)C)cc2c1. The lowest BCUT2D eigenvalue weighted by molar-refractivity contribution is -0.858. The summed E-state index contributed by atoms with van der Waals surface area (Å²) in [6, 6.07) is 7.85. The van der Waals surface area contributed by atoms with Crippen molar-refractivity contribution >= 4 is 28.2 Å². The Balaban J connectivity index is 2.11. The second-order valence-corrected chi connectivity index (χ2v) is 7.29. The van der Waals surface area contributed by atoms with Gasteiger partial charge in [-0.2, -0.15) is 0 Å². The molecule has 6 nitrogen and oxygen atoms in total. The molecule has 2 rings (SSSR count). The van der Waals surface area contributed by atoms with Crippen LogP contribution in [-0.2, 0) is 6.54 Å². The number of benzene rings is 1. The summed E-state index contributed by atoms with van der Waals surface area (Å²) >= 11 is 5.46. The second kappa shape index (κ2) is 9.66. The van der Waals surface area contributed by atoms with Crippen molar-refractivity contribution in [3.05, 3.63) is 45.7 Å². The lowest BCUT2D eigenvalue weighted by Crippen LogP contribution is -3.05. The molecule has 0 fully saturated rings. The number of hydrogen-bond acceptors (Lipinski definition) is 3. The van der Waals surface area contributed by atoms with Crippen molar-refractivity contribution in [3.63, 3.8) is 0 Å². The van der Waals surface area contributed by atoms with Crippen LogP contribution in [0.4, 0.5) is 0 Å². The zero-order chi connectivity index (χ0) is 19.1. The Labute approximate surface area is 159 Å². The summed E-state index contributed by atoms with van der Waals surface area (Å²) in [6.07, 6.45) is 1.01. The Hall–Kier alpha value is -1.96. The third kappa shape index (κ3) is 5.79. The molecule has 142 valence electrons. The first-order chi connectivity index (χ1) is 12.4. The minimum atomic E-state index is -0.122. The molecule has 0 bridgehead atoms. The Morgan fingerprint density at radius 3 is 2.81 bits per heavy atom. The maximum absolute atomic E-state index is 12.4. The lowest BCUT2D eigenvalue weighted by atomic mass is 10.1. The molecule has 1 heterocycles. The standard InChI is InChI=1S/C19H28N4O2S/c1-14-5-6-17-15(11-14)12-16(18(25)21-17)13-23(9-10-24)19(26)20-7-4-8-22(2)3/h5-6,11-12,24H,4,7-10,13H2,1-3H3,(H,20,26)(H,21,25)/p+1. The van der Waals surface area contributed by atoms with E-state index in [0.717, 1.165) is 36.0 Å². The molecule has 0 spiro atoms. The van der Waals surface area contributed by atoms with Gasteiger partial charge in [-0.05, 0) is 42.7 Å². The molecule has 7 heteroatoms. The predicted molar refractivity (Wildman–Crippen MR) is 110 cm³/mol. The van der Waals surface area contributed by atoms with Gasteiger partial charge in [0.05, 0.1) is 33.8 Å².